The third-order valence-electron chi connectivity index (χ3n) is 2.36. The summed E-state index contributed by atoms with van der Waals surface area (Å²) in [4.78, 5) is 10.7. The van der Waals surface area contributed by atoms with E-state index in [-0.39, 0.29) is 12.1 Å². The van der Waals surface area contributed by atoms with Gasteiger partial charge in [0.1, 0.15) is 11.9 Å². The molecule has 2 unspecified atom stereocenters. The Hall–Kier alpha value is -1.50. The summed E-state index contributed by atoms with van der Waals surface area (Å²) in [5.41, 5.74) is -0.758. The molecule has 0 bridgehead atoms. The molecule has 4 N–H and O–H groups in total. The molecule has 0 spiro atoms. The van der Waals surface area contributed by atoms with Crippen LogP contribution in [0.5, 0.6) is 0 Å². The first-order chi connectivity index (χ1) is 7.99. The summed E-state index contributed by atoms with van der Waals surface area (Å²) >= 11 is 0. The standard InChI is InChI=1S/C11H14FNO4/c1-13-5-8(14)10(15)6-3-2-4-7(9(6)12)11(16)17/h2-4,8,10,13-15H,5H2,1H3,(H,16,17). The lowest BCUT2D eigenvalue weighted by molar-refractivity contribution is 0.0180. The van der Waals surface area contributed by atoms with Crippen LogP contribution >= 0.6 is 0 Å². The van der Waals surface area contributed by atoms with Crippen molar-refractivity contribution in [3.8, 4) is 0 Å². The van der Waals surface area contributed by atoms with E-state index >= 15 is 0 Å². The zero-order valence-electron chi connectivity index (χ0n) is 9.22. The van der Waals surface area contributed by atoms with Gasteiger partial charge in [-0.25, -0.2) is 9.18 Å². The van der Waals surface area contributed by atoms with Gasteiger partial charge < -0.3 is 20.6 Å². The number of benzene rings is 1. The number of aliphatic hydroxyl groups excluding tert-OH is 2. The molecule has 6 heteroatoms. The van der Waals surface area contributed by atoms with Gasteiger partial charge in [-0.05, 0) is 13.1 Å². The van der Waals surface area contributed by atoms with E-state index < -0.39 is 29.6 Å². The number of hydrogen-bond acceptors (Lipinski definition) is 4. The third-order valence-corrected chi connectivity index (χ3v) is 2.36. The second-order valence-corrected chi connectivity index (χ2v) is 3.58. The number of halogens is 1. The van der Waals surface area contributed by atoms with Crippen molar-refractivity contribution in [1.29, 1.82) is 0 Å². The first-order valence-electron chi connectivity index (χ1n) is 5.01. The first kappa shape index (κ1) is 13.6. The highest BCUT2D eigenvalue weighted by Gasteiger charge is 2.23. The molecular weight excluding hydrogens is 229 g/mol. The molecule has 1 aromatic carbocycles. The van der Waals surface area contributed by atoms with Gasteiger partial charge in [0, 0.05) is 12.1 Å². The smallest absolute Gasteiger partial charge is 0.338 e. The summed E-state index contributed by atoms with van der Waals surface area (Å²) in [7, 11) is 1.57. The predicted molar refractivity (Wildman–Crippen MR) is 58.3 cm³/mol. The lowest BCUT2D eigenvalue weighted by Gasteiger charge is -2.18. The summed E-state index contributed by atoms with van der Waals surface area (Å²) in [5.74, 6) is -2.44. The van der Waals surface area contributed by atoms with Crippen LogP contribution in [0.3, 0.4) is 0 Å². The van der Waals surface area contributed by atoms with Crippen molar-refractivity contribution in [2.45, 2.75) is 12.2 Å². The van der Waals surface area contributed by atoms with Crippen LogP contribution in [0.25, 0.3) is 0 Å². The highest BCUT2D eigenvalue weighted by Crippen LogP contribution is 2.22. The molecular formula is C11H14FNO4. The van der Waals surface area contributed by atoms with E-state index in [9.17, 15) is 19.4 Å². The van der Waals surface area contributed by atoms with Crippen LogP contribution in [-0.2, 0) is 0 Å². The van der Waals surface area contributed by atoms with Crippen LogP contribution in [0.15, 0.2) is 18.2 Å². The van der Waals surface area contributed by atoms with Crippen LogP contribution in [0.2, 0.25) is 0 Å². The number of carbonyl (C=O) groups is 1. The molecule has 1 rings (SSSR count). The van der Waals surface area contributed by atoms with Gasteiger partial charge in [0.05, 0.1) is 11.7 Å². The fourth-order valence-corrected chi connectivity index (χ4v) is 1.47. The third kappa shape index (κ3) is 3.00. The number of carboxylic acid groups (broad SMARTS) is 1. The van der Waals surface area contributed by atoms with Crippen LogP contribution in [0, 0.1) is 5.82 Å². The molecule has 2 atom stereocenters. The van der Waals surface area contributed by atoms with E-state index in [1.165, 1.54) is 12.1 Å². The molecule has 0 aliphatic heterocycles. The van der Waals surface area contributed by atoms with Crippen molar-refractivity contribution in [2.75, 3.05) is 13.6 Å². The fraction of sp³-hybridized carbons (Fsp3) is 0.364. The molecule has 0 heterocycles. The van der Waals surface area contributed by atoms with Crippen molar-refractivity contribution in [3.63, 3.8) is 0 Å². The van der Waals surface area contributed by atoms with Gasteiger partial charge >= 0.3 is 5.97 Å². The van der Waals surface area contributed by atoms with Gasteiger partial charge in [0.25, 0.3) is 0 Å². The maximum atomic E-state index is 13.7. The average Bonchev–Trinajstić information content (AvgIpc) is 2.28. The summed E-state index contributed by atoms with van der Waals surface area (Å²) in [6, 6.07) is 3.65. The average molecular weight is 243 g/mol. The number of nitrogens with one attached hydrogen (secondary N) is 1. The van der Waals surface area contributed by atoms with Crippen LogP contribution in [0.4, 0.5) is 4.39 Å². The highest BCUT2D eigenvalue weighted by molar-refractivity contribution is 5.88. The van der Waals surface area contributed by atoms with Gasteiger partial charge in [-0.2, -0.15) is 0 Å². The minimum Gasteiger partial charge on any atom is -0.478 e. The van der Waals surface area contributed by atoms with Crippen molar-refractivity contribution >= 4 is 5.97 Å². The maximum absolute atomic E-state index is 13.7. The topological polar surface area (TPSA) is 89.8 Å². The number of carboxylic acids is 1. The number of aromatic carboxylic acids is 1. The lowest BCUT2D eigenvalue weighted by Crippen LogP contribution is -2.30. The Labute approximate surface area is 97.5 Å². The van der Waals surface area contributed by atoms with Gasteiger partial charge in [-0.1, -0.05) is 12.1 Å². The van der Waals surface area contributed by atoms with E-state index in [1.807, 2.05) is 0 Å². The Bertz CT molecular complexity index is 410. The van der Waals surface area contributed by atoms with E-state index in [0.717, 1.165) is 6.07 Å². The summed E-state index contributed by atoms with van der Waals surface area (Å²) in [5, 5.41) is 30.5. The molecule has 5 nitrogen and oxygen atoms in total. The molecule has 0 aliphatic rings. The van der Waals surface area contributed by atoms with Crippen molar-refractivity contribution in [2.24, 2.45) is 0 Å². The molecule has 0 saturated carbocycles. The Balaban J connectivity index is 3.06. The molecule has 0 fully saturated rings. The van der Waals surface area contributed by atoms with Crippen molar-refractivity contribution < 1.29 is 24.5 Å². The zero-order chi connectivity index (χ0) is 13.0. The van der Waals surface area contributed by atoms with Gasteiger partial charge in [0.2, 0.25) is 0 Å². The van der Waals surface area contributed by atoms with E-state index in [4.69, 9.17) is 5.11 Å². The Morgan fingerprint density at radius 3 is 2.65 bits per heavy atom. The maximum Gasteiger partial charge on any atom is 0.338 e. The quantitative estimate of drug-likeness (QED) is 0.590. The summed E-state index contributed by atoms with van der Waals surface area (Å²) in [6.07, 6.45) is -2.68. The normalized spacial score (nSPS) is 14.4. The molecule has 0 saturated heterocycles. The highest BCUT2D eigenvalue weighted by atomic mass is 19.1. The van der Waals surface area contributed by atoms with Crippen molar-refractivity contribution in [1.82, 2.24) is 5.32 Å². The predicted octanol–water partition coefficient (Wildman–Crippen LogP) is 0.138. The Morgan fingerprint density at radius 2 is 2.12 bits per heavy atom. The molecule has 1 aromatic rings. The number of hydrogen-bond donors (Lipinski definition) is 4. The lowest BCUT2D eigenvalue weighted by atomic mass is 10.0. The second kappa shape index (κ2) is 5.72. The van der Waals surface area contributed by atoms with E-state index in [1.54, 1.807) is 7.05 Å². The van der Waals surface area contributed by atoms with Gasteiger partial charge in [-0.3, -0.25) is 0 Å². The molecule has 0 aromatic heterocycles. The SMILES string of the molecule is CNCC(O)C(O)c1cccc(C(=O)O)c1F. The van der Waals surface area contributed by atoms with Gasteiger partial charge in [-0.15, -0.1) is 0 Å². The summed E-state index contributed by atoms with van der Waals surface area (Å²) < 4.78 is 13.7. The van der Waals surface area contributed by atoms with Gasteiger partial charge in [0.15, 0.2) is 0 Å². The molecule has 0 radical (unpaired) electrons. The Kier molecular flexibility index (Phi) is 4.56. The van der Waals surface area contributed by atoms with Crippen LogP contribution < -0.4 is 5.32 Å². The second-order valence-electron chi connectivity index (χ2n) is 3.58. The summed E-state index contributed by atoms with van der Waals surface area (Å²) in [6.45, 7) is 0.0674. The largest absolute Gasteiger partial charge is 0.478 e. The number of rotatable bonds is 5. The van der Waals surface area contributed by atoms with Crippen molar-refractivity contribution in [3.05, 3.63) is 35.1 Å². The van der Waals surface area contributed by atoms with E-state index in [2.05, 4.69) is 5.32 Å². The Morgan fingerprint density at radius 1 is 1.47 bits per heavy atom. The monoisotopic (exact) mass is 243 g/mol. The van der Waals surface area contributed by atoms with E-state index in [0.29, 0.717) is 0 Å². The number of likely N-dealkylation sites (N-methyl/N-ethyl adjacent to an activating group) is 1. The minimum absolute atomic E-state index is 0.0674. The first-order valence-corrected chi connectivity index (χ1v) is 5.01. The number of aliphatic hydroxyl groups is 2. The van der Waals surface area contributed by atoms with Crippen LogP contribution in [0.1, 0.15) is 22.0 Å². The molecule has 0 aliphatic carbocycles. The minimum atomic E-state index is -1.47. The molecule has 17 heavy (non-hydrogen) atoms. The fourth-order valence-electron chi connectivity index (χ4n) is 1.47. The van der Waals surface area contributed by atoms with Crippen LogP contribution in [-0.4, -0.2) is 41.0 Å². The zero-order valence-corrected chi connectivity index (χ0v) is 9.22. The molecule has 94 valence electrons. The molecule has 0 amide bonds.